The fraction of sp³-hybridized carbons (Fsp3) is 0.308. The van der Waals surface area contributed by atoms with Crippen LogP contribution in [0.1, 0.15) is 18.5 Å². The average Bonchev–Trinajstić information content (AvgIpc) is 2.93. The Bertz CT molecular complexity index is 665. The predicted molar refractivity (Wildman–Crippen MR) is 93.2 cm³/mol. The van der Waals surface area contributed by atoms with Crippen LogP contribution in [0.2, 0.25) is 10.0 Å². The number of aromatic nitrogens is 2. The monoisotopic (exact) mass is 376 g/mol. The van der Waals surface area contributed by atoms with Gasteiger partial charge in [0.1, 0.15) is 0 Å². The Hall–Kier alpha value is -1.02. The Morgan fingerprint density at radius 2 is 2.18 bits per heavy atom. The first-order valence-corrected chi connectivity index (χ1v) is 8.93. The van der Waals surface area contributed by atoms with Crippen LogP contribution in [0.15, 0.2) is 22.5 Å². The van der Waals surface area contributed by atoms with Crippen molar-refractivity contribution in [3.05, 3.63) is 33.8 Å². The molecule has 0 unspecified atom stereocenters. The summed E-state index contributed by atoms with van der Waals surface area (Å²) >= 11 is 14.8. The topological polar surface area (TPSA) is 66.9 Å². The molecule has 0 fully saturated rings. The lowest BCUT2D eigenvalue weighted by atomic mass is 10.1. The van der Waals surface area contributed by atoms with Crippen molar-refractivity contribution in [2.45, 2.75) is 17.3 Å². The summed E-state index contributed by atoms with van der Waals surface area (Å²) in [5.41, 5.74) is 0.831. The molecule has 0 saturated carbocycles. The Balaban J connectivity index is 1.88. The van der Waals surface area contributed by atoms with Crippen LogP contribution < -0.4 is 10.6 Å². The number of thioether (sulfide) groups is 1. The Morgan fingerprint density at radius 1 is 1.41 bits per heavy atom. The van der Waals surface area contributed by atoms with Gasteiger partial charge in [0.05, 0.1) is 11.8 Å². The molecule has 1 aromatic carbocycles. The number of nitrogens with zero attached hydrogens (tertiary/aromatic N) is 2. The van der Waals surface area contributed by atoms with Crippen molar-refractivity contribution in [1.29, 1.82) is 0 Å². The van der Waals surface area contributed by atoms with Gasteiger partial charge in [-0.2, -0.15) is 0 Å². The molecule has 0 bridgehead atoms. The third-order valence-electron chi connectivity index (χ3n) is 2.75. The molecule has 118 valence electrons. The molecule has 2 aromatic rings. The smallest absolute Gasteiger partial charge is 0.230 e. The van der Waals surface area contributed by atoms with Gasteiger partial charge in [-0.05, 0) is 24.6 Å². The number of nitrogens with one attached hydrogen (secondary N) is 2. The van der Waals surface area contributed by atoms with E-state index in [2.05, 4.69) is 20.8 Å². The summed E-state index contributed by atoms with van der Waals surface area (Å²) in [5, 5.41) is 15.5. The van der Waals surface area contributed by atoms with Gasteiger partial charge in [-0.1, -0.05) is 52.4 Å². The first-order valence-electron chi connectivity index (χ1n) is 6.38. The molecule has 0 aliphatic carbocycles. The van der Waals surface area contributed by atoms with Crippen molar-refractivity contribution >= 4 is 57.3 Å². The van der Waals surface area contributed by atoms with Crippen LogP contribution in [0.25, 0.3) is 0 Å². The zero-order valence-corrected chi connectivity index (χ0v) is 15.0. The molecule has 2 rings (SSSR count). The number of carbonyl (C=O) groups is 1. The van der Waals surface area contributed by atoms with Crippen LogP contribution >= 0.6 is 46.3 Å². The molecule has 0 radical (unpaired) electrons. The number of anilines is 1. The average molecular weight is 377 g/mol. The highest BCUT2D eigenvalue weighted by Crippen LogP contribution is 2.27. The van der Waals surface area contributed by atoms with Crippen molar-refractivity contribution in [3.63, 3.8) is 0 Å². The highest BCUT2D eigenvalue weighted by Gasteiger charge is 2.14. The van der Waals surface area contributed by atoms with Crippen LogP contribution in [-0.2, 0) is 4.79 Å². The molecule has 0 aliphatic heterocycles. The predicted octanol–water partition coefficient (Wildman–Crippen LogP) is 3.86. The molecule has 1 atom stereocenters. The summed E-state index contributed by atoms with van der Waals surface area (Å²) in [7, 11) is 1.78. The Kier molecular flexibility index (Phi) is 6.31. The first kappa shape index (κ1) is 17.3. The van der Waals surface area contributed by atoms with E-state index in [0.717, 1.165) is 15.0 Å². The second-order valence-electron chi connectivity index (χ2n) is 4.37. The van der Waals surface area contributed by atoms with Gasteiger partial charge in [0.2, 0.25) is 11.0 Å². The lowest BCUT2D eigenvalue weighted by Gasteiger charge is -2.15. The summed E-state index contributed by atoms with van der Waals surface area (Å²) in [4.78, 5) is 12.0. The van der Waals surface area contributed by atoms with E-state index in [9.17, 15) is 4.79 Å². The minimum Gasteiger partial charge on any atom is -0.363 e. The second-order valence-corrected chi connectivity index (χ2v) is 7.41. The molecule has 0 saturated heterocycles. The third kappa shape index (κ3) is 4.74. The molecule has 0 spiro atoms. The zero-order valence-electron chi connectivity index (χ0n) is 11.9. The number of rotatable bonds is 6. The minimum absolute atomic E-state index is 0.0928. The summed E-state index contributed by atoms with van der Waals surface area (Å²) in [6.07, 6.45) is 0. The summed E-state index contributed by atoms with van der Waals surface area (Å²) < 4.78 is 0.747. The Labute approximate surface area is 146 Å². The van der Waals surface area contributed by atoms with Gasteiger partial charge < -0.3 is 10.6 Å². The molecular weight excluding hydrogens is 363 g/mol. The molecule has 1 heterocycles. The van der Waals surface area contributed by atoms with Crippen molar-refractivity contribution in [2.75, 3.05) is 18.1 Å². The first-order chi connectivity index (χ1) is 10.5. The molecule has 9 heteroatoms. The standard InChI is InChI=1S/C13H14Cl2N4OS2/c1-7(9-4-3-8(14)5-10(9)15)17-11(20)6-21-13-19-18-12(16-2)22-13/h3-5,7H,6H2,1-2H3,(H,16,18)(H,17,20)/t7-/m0/s1. The largest absolute Gasteiger partial charge is 0.363 e. The number of hydrogen-bond donors (Lipinski definition) is 2. The van der Waals surface area contributed by atoms with Gasteiger partial charge in [0.15, 0.2) is 4.34 Å². The highest BCUT2D eigenvalue weighted by atomic mass is 35.5. The van der Waals surface area contributed by atoms with Gasteiger partial charge in [0.25, 0.3) is 0 Å². The van der Waals surface area contributed by atoms with E-state index in [1.54, 1.807) is 19.2 Å². The van der Waals surface area contributed by atoms with E-state index in [4.69, 9.17) is 23.2 Å². The maximum atomic E-state index is 12.0. The normalized spacial score (nSPS) is 12.0. The number of carbonyl (C=O) groups excluding carboxylic acids is 1. The summed E-state index contributed by atoms with van der Waals surface area (Å²) in [5.74, 6) is 0.179. The molecule has 1 aromatic heterocycles. The van der Waals surface area contributed by atoms with Crippen molar-refractivity contribution in [3.8, 4) is 0 Å². The quantitative estimate of drug-likeness (QED) is 0.749. The van der Waals surface area contributed by atoms with Crippen LogP contribution in [0, 0.1) is 0 Å². The minimum atomic E-state index is -0.194. The SMILES string of the molecule is CNc1nnc(SCC(=O)N[C@@H](C)c2ccc(Cl)cc2Cl)s1. The summed E-state index contributed by atoms with van der Waals surface area (Å²) in [6, 6.07) is 5.03. The third-order valence-corrected chi connectivity index (χ3v) is 5.39. The number of halogens is 2. The van der Waals surface area contributed by atoms with Crippen molar-refractivity contribution < 1.29 is 4.79 Å². The van der Waals surface area contributed by atoms with Crippen LogP contribution in [0.3, 0.4) is 0 Å². The van der Waals surface area contributed by atoms with E-state index in [0.29, 0.717) is 10.0 Å². The van der Waals surface area contributed by atoms with E-state index in [1.165, 1.54) is 23.1 Å². The van der Waals surface area contributed by atoms with Gasteiger partial charge in [-0.15, -0.1) is 10.2 Å². The fourth-order valence-corrected chi connectivity index (χ4v) is 3.80. The van der Waals surface area contributed by atoms with E-state index in [1.807, 2.05) is 13.0 Å². The van der Waals surface area contributed by atoms with Gasteiger partial charge in [-0.3, -0.25) is 4.79 Å². The molecule has 0 aliphatic rings. The lowest BCUT2D eigenvalue weighted by molar-refractivity contribution is -0.119. The highest BCUT2D eigenvalue weighted by molar-refractivity contribution is 8.01. The number of benzene rings is 1. The van der Waals surface area contributed by atoms with Crippen LogP contribution in [0.4, 0.5) is 5.13 Å². The van der Waals surface area contributed by atoms with Crippen LogP contribution in [-0.4, -0.2) is 28.9 Å². The van der Waals surface area contributed by atoms with Gasteiger partial charge in [0, 0.05) is 17.1 Å². The van der Waals surface area contributed by atoms with Crippen LogP contribution in [0.5, 0.6) is 0 Å². The lowest BCUT2D eigenvalue weighted by Crippen LogP contribution is -2.28. The number of amides is 1. The zero-order chi connectivity index (χ0) is 16.1. The van der Waals surface area contributed by atoms with Gasteiger partial charge >= 0.3 is 0 Å². The maximum absolute atomic E-state index is 12.0. The fourth-order valence-electron chi connectivity index (χ4n) is 1.71. The maximum Gasteiger partial charge on any atom is 0.230 e. The molecule has 5 nitrogen and oxygen atoms in total. The van der Waals surface area contributed by atoms with E-state index in [-0.39, 0.29) is 17.7 Å². The molecule has 1 amide bonds. The second kappa shape index (κ2) is 8.01. The summed E-state index contributed by atoms with van der Waals surface area (Å²) in [6.45, 7) is 1.88. The van der Waals surface area contributed by atoms with E-state index < -0.39 is 0 Å². The van der Waals surface area contributed by atoms with Crippen molar-refractivity contribution in [2.24, 2.45) is 0 Å². The van der Waals surface area contributed by atoms with Crippen molar-refractivity contribution in [1.82, 2.24) is 15.5 Å². The molecular formula is C13H14Cl2N4OS2. The number of hydrogen-bond acceptors (Lipinski definition) is 6. The van der Waals surface area contributed by atoms with Gasteiger partial charge in [-0.25, -0.2) is 0 Å². The Morgan fingerprint density at radius 3 is 2.82 bits per heavy atom. The molecule has 22 heavy (non-hydrogen) atoms. The van der Waals surface area contributed by atoms with E-state index >= 15 is 0 Å². The molecule has 2 N–H and O–H groups in total.